The van der Waals surface area contributed by atoms with Crippen molar-refractivity contribution in [3.8, 4) is 10.4 Å². The van der Waals surface area contributed by atoms with E-state index in [4.69, 9.17) is 0 Å². The molecule has 0 atom stereocenters. The number of hydrogen-bond donors (Lipinski definition) is 2. The van der Waals surface area contributed by atoms with Gasteiger partial charge in [-0.2, -0.15) is 0 Å². The van der Waals surface area contributed by atoms with E-state index in [0.717, 1.165) is 24.3 Å². The fourth-order valence-electron chi connectivity index (χ4n) is 3.37. The van der Waals surface area contributed by atoms with Crippen molar-refractivity contribution >= 4 is 23.1 Å². The number of anilines is 1. The summed E-state index contributed by atoms with van der Waals surface area (Å²) in [5, 5.41) is 6.95. The molecule has 2 N–H and O–H groups in total. The third kappa shape index (κ3) is 4.83. The summed E-state index contributed by atoms with van der Waals surface area (Å²) in [7, 11) is 0. The molecular weight excluding hydrogens is 380 g/mol. The Labute approximate surface area is 175 Å². The first-order valence-electron chi connectivity index (χ1n) is 9.97. The number of urea groups is 1. The highest BCUT2D eigenvalue weighted by molar-refractivity contribution is 7.15. The highest BCUT2D eigenvalue weighted by atomic mass is 32.1. The topological polar surface area (TPSA) is 57.3 Å². The molecule has 3 aromatic rings. The Balaban J connectivity index is 1.30. The summed E-state index contributed by atoms with van der Waals surface area (Å²) in [6.07, 6.45) is 1.98. The number of aromatic nitrogens is 1. The summed E-state index contributed by atoms with van der Waals surface area (Å²) in [6, 6.07) is 18.2. The zero-order valence-electron chi connectivity index (χ0n) is 16.8. The number of likely N-dealkylation sites (tertiary alicyclic amines) is 1. The van der Waals surface area contributed by atoms with Gasteiger partial charge in [0.1, 0.15) is 0 Å². The van der Waals surface area contributed by atoms with Crippen LogP contribution >= 0.6 is 11.3 Å². The lowest BCUT2D eigenvalue weighted by atomic mass is 9.99. The summed E-state index contributed by atoms with van der Waals surface area (Å²) in [6.45, 7) is 7.19. The lowest BCUT2D eigenvalue weighted by molar-refractivity contribution is 0.110. The zero-order valence-corrected chi connectivity index (χ0v) is 17.6. The Morgan fingerprint density at radius 2 is 1.86 bits per heavy atom. The minimum Gasteiger partial charge on any atom is -0.334 e. The van der Waals surface area contributed by atoms with Crippen LogP contribution in [0.25, 0.3) is 10.4 Å². The highest BCUT2D eigenvalue weighted by Crippen LogP contribution is 2.35. The molecule has 0 saturated carbocycles. The number of amides is 2. The predicted molar refractivity (Wildman–Crippen MR) is 119 cm³/mol. The van der Waals surface area contributed by atoms with Gasteiger partial charge in [-0.3, -0.25) is 4.90 Å². The largest absolute Gasteiger partial charge is 0.334 e. The van der Waals surface area contributed by atoms with Crippen molar-refractivity contribution < 1.29 is 4.79 Å². The van der Waals surface area contributed by atoms with Gasteiger partial charge in [0.2, 0.25) is 0 Å². The van der Waals surface area contributed by atoms with E-state index in [-0.39, 0.29) is 6.03 Å². The Hall–Kier alpha value is -2.70. The fraction of sp³-hybridized carbons (Fsp3) is 0.304. The molecule has 2 amide bonds. The number of benzene rings is 2. The molecule has 2 aromatic carbocycles. The number of nitrogens with zero attached hydrogens (tertiary/aromatic N) is 2. The Kier molecular flexibility index (Phi) is 5.92. The van der Waals surface area contributed by atoms with E-state index in [1.165, 1.54) is 15.4 Å². The predicted octanol–water partition coefficient (Wildman–Crippen LogP) is 4.94. The number of para-hydroxylation sites is 1. The molecule has 1 aromatic heterocycles. The van der Waals surface area contributed by atoms with Gasteiger partial charge < -0.3 is 10.6 Å². The maximum atomic E-state index is 12.0. The van der Waals surface area contributed by atoms with Crippen LogP contribution in [0.15, 0.2) is 60.8 Å². The molecule has 150 valence electrons. The number of thiazole rings is 1. The van der Waals surface area contributed by atoms with E-state index in [2.05, 4.69) is 58.6 Å². The van der Waals surface area contributed by atoms with Crippen LogP contribution in [-0.4, -0.2) is 35.0 Å². The molecule has 0 spiro atoms. The maximum absolute atomic E-state index is 12.0. The molecule has 1 aliphatic heterocycles. The first-order valence-corrected chi connectivity index (χ1v) is 10.8. The van der Waals surface area contributed by atoms with Crippen LogP contribution in [0.3, 0.4) is 0 Å². The van der Waals surface area contributed by atoms with E-state index >= 15 is 0 Å². The smallest absolute Gasteiger partial charge is 0.319 e. The van der Waals surface area contributed by atoms with E-state index in [1.807, 2.05) is 36.5 Å². The number of nitrogens with one attached hydrogen (secondary N) is 2. The average Bonchev–Trinajstić information content (AvgIpc) is 3.16. The van der Waals surface area contributed by atoms with Gasteiger partial charge in [-0.1, -0.05) is 42.5 Å². The molecule has 5 nitrogen and oxygen atoms in total. The molecule has 1 aliphatic rings. The van der Waals surface area contributed by atoms with Crippen LogP contribution in [0.1, 0.15) is 30.3 Å². The first-order chi connectivity index (χ1) is 14.1. The van der Waals surface area contributed by atoms with Gasteiger partial charge in [0.05, 0.1) is 9.88 Å². The standard InChI is InChI=1S/C23H26N4OS/c1-16(2)27-14-19(15-27)22-24-13-21(29-22)18-10-8-17(9-11-18)12-25-23(28)26-20-6-4-3-5-7-20/h3-11,13,16,19H,12,14-15H2,1-2H3,(H2,25,26,28). The van der Waals surface area contributed by atoms with Crippen molar-refractivity contribution in [1.29, 1.82) is 0 Å². The van der Waals surface area contributed by atoms with Gasteiger partial charge in [-0.05, 0) is 37.1 Å². The Bertz CT molecular complexity index is 947. The summed E-state index contributed by atoms with van der Waals surface area (Å²) in [4.78, 5) is 20.3. The molecule has 1 fully saturated rings. The quantitative estimate of drug-likeness (QED) is 0.610. The fourth-order valence-corrected chi connectivity index (χ4v) is 4.37. The first kappa shape index (κ1) is 19.6. The lowest BCUT2D eigenvalue weighted by Crippen LogP contribution is -2.48. The van der Waals surface area contributed by atoms with Gasteiger partial charge >= 0.3 is 6.03 Å². The second kappa shape index (κ2) is 8.76. The maximum Gasteiger partial charge on any atom is 0.319 e. The molecule has 0 bridgehead atoms. The molecule has 6 heteroatoms. The summed E-state index contributed by atoms with van der Waals surface area (Å²) < 4.78 is 0. The van der Waals surface area contributed by atoms with Crippen LogP contribution in [-0.2, 0) is 6.54 Å². The average molecular weight is 407 g/mol. The number of carbonyl (C=O) groups excluding carboxylic acids is 1. The van der Waals surface area contributed by atoms with Crippen molar-refractivity contribution in [2.45, 2.75) is 32.4 Å². The minimum atomic E-state index is -0.205. The zero-order chi connectivity index (χ0) is 20.2. The van der Waals surface area contributed by atoms with Crippen LogP contribution in [0, 0.1) is 0 Å². The summed E-state index contributed by atoms with van der Waals surface area (Å²) in [5.41, 5.74) is 3.02. The Morgan fingerprint density at radius 3 is 2.55 bits per heavy atom. The molecule has 29 heavy (non-hydrogen) atoms. The van der Waals surface area contributed by atoms with Crippen molar-refractivity contribution in [3.63, 3.8) is 0 Å². The van der Waals surface area contributed by atoms with Gasteiger partial charge in [-0.15, -0.1) is 11.3 Å². The molecule has 2 heterocycles. The minimum absolute atomic E-state index is 0.205. The van der Waals surface area contributed by atoms with E-state index in [1.54, 1.807) is 11.3 Å². The number of carbonyl (C=O) groups is 1. The van der Waals surface area contributed by atoms with Crippen molar-refractivity contribution in [3.05, 3.63) is 71.4 Å². The monoisotopic (exact) mass is 406 g/mol. The van der Waals surface area contributed by atoms with Gasteiger partial charge in [-0.25, -0.2) is 9.78 Å². The van der Waals surface area contributed by atoms with Gasteiger partial charge in [0.25, 0.3) is 0 Å². The Morgan fingerprint density at radius 1 is 1.14 bits per heavy atom. The lowest BCUT2D eigenvalue weighted by Gasteiger charge is -2.41. The molecule has 0 radical (unpaired) electrons. The van der Waals surface area contributed by atoms with Gasteiger partial charge in [0.15, 0.2) is 0 Å². The van der Waals surface area contributed by atoms with Crippen molar-refractivity contribution in [2.75, 3.05) is 18.4 Å². The van der Waals surface area contributed by atoms with E-state index < -0.39 is 0 Å². The van der Waals surface area contributed by atoms with Crippen LogP contribution < -0.4 is 10.6 Å². The molecule has 1 saturated heterocycles. The molecule has 0 unspecified atom stereocenters. The molecule has 0 aliphatic carbocycles. The number of rotatable bonds is 6. The van der Waals surface area contributed by atoms with E-state index in [0.29, 0.717) is 18.5 Å². The third-order valence-electron chi connectivity index (χ3n) is 5.24. The van der Waals surface area contributed by atoms with Crippen LogP contribution in [0.2, 0.25) is 0 Å². The SMILES string of the molecule is CC(C)N1CC(c2ncc(-c3ccc(CNC(=O)Nc4ccccc4)cc3)s2)C1. The van der Waals surface area contributed by atoms with Crippen molar-refractivity contribution in [1.82, 2.24) is 15.2 Å². The van der Waals surface area contributed by atoms with Crippen LogP contribution in [0.5, 0.6) is 0 Å². The van der Waals surface area contributed by atoms with Gasteiger partial charge in [0, 0.05) is 43.5 Å². The second-order valence-corrected chi connectivity index (χ2v) is 8.74. The summed E-state index contributed by atoms with van der Waals surface area (Å²) in [5.74, 6) is 0.572. The number of hydrogen-bond acceptors (Lipinski definition) is 4. The molecule has 4 rings (SSSR count). The van der Waals surface area contributed by atoms with E-state index in [9.17, 15) is 4.79 Å². The van der Waals surface area contributed by atoms with Crippen molar-refractivity contribution in [2.24, 2.45) is 0 Å². The second-order valence-electron chi connectivity index (χ2n) is 7.68. The van der Waals surface area contributed by atoms with Crippen LogP contribution in [0.4, 0.5) is 10.5 Å². The third-order valence-corrected chi connectivity index (χ3v) is 6.44. The molecular formula is C23H26N4OS. The normalized spacial score (nSPS) is 14.6. The highest BCUT2D eigenvalue weighted by Gasteiger charge is 2.31. The summed E-state index contributed by atoms with van der Waals surface area (Å²) >= 11 is 1.79.